The van der Waals surface area contributed by atoms with Crippen LogP contribution in [0.2, 0.25) is 0 Å². The van der Waals surface area contributed by atoms with Crippen molar-refractivity contribution in [1.29, 1.82) is 0 Å². The summed E-state index contributed by atoms with van der Waals surface area (Å²) >= 11 is 0. The van der Waals surface area contributed by atoms with Gasteiger partial charge in [0.1, 0.15) is 0 Å². The van der Waals surface area contributed by atoms with Crippen LogP contribution in [0.25, 0.3) is 0 Å². The molecule has 1 unspecified atom stereocenters. The molecule has 14 heavy (non-hydrogen) atoms. The number of rotatable bonds is 1. The highest BCUT2D eigenvalue weighted by molar-refractivity contribution is 5.99. The minimum atomic E-state index is -0.606. The quantitative estimate of drug-likeness (QED) is 0.617. The molecule has 1 aliphatic rings. The smallest absolute Gasteiger partial charge is 0.332 e. The Morgan fingerprint density at radius 3 is 2.29 bits per heavy atom. The molecule has 0 aromatic rings. The predicted molar refractivity (Wildman–Crippen MR) is 56.9 cm³/mol. The minimum absolute atomic E-state index is 0.0227. The summed E-state index contributed by atoms with van der Waals surface area (Å²) in [6.45, 7) is 10.8. The number of urea groups is 1. The molecule has 80 valence electrons. The molecule has 0 radical (unpaired) electrons. The molecule has 0 aromatic carbocycles. The molecule has 0 aliphatic heterocycles. The number of hydrogen-bond donors (Lipinski definition) is 2. The molecule has 1 saturated carbocycles. The molecule has 0 heterocycles. The number of amides is 2. The van der Waals surface area contributed by atoms with Gasteiger partial charge in [0.15, 0.2) is 0 Å². The molecule has 3 N–H and O–H groups in total. The number of carbonyl (C=O) groups is 1. The van der Waals surface area contributed by atoms with Crippen LogP contribution in [0, 0.1) is 16.7 Å². The van der Waals surface area contributed by atoms with Crippen molar-refractivity contribution in [2.75, 3.05) is 0 Å². The van der Waals surface area contributed by atoms with Crippen LogP contribution in [0.1, 0.15) is 34.6 Å². The van der Waals surface area contributed by atoms with Crippen LogP contribution in [0.4, 0.5) is 4.79 Å². The van der Waals surface area contributed by atoms with E-state index in [4.69, 9.17) is 5.73 Å². The van der Waals surface area contributed by atoms with Crippen LogP contribution in [-0.4, -0.2) is 11.7 Å². The summed E-state index contributed by atoms with van der Waals surface area (Å²) in [5, 5.41) is 4.05. The van der Waals surface area contributed by atoms with Crippen molar-refractivity contribution in [3.05, 3.63) is 0 Å². The van der Waals surface area contributed by atoms with Crippen molar-refractivity contribution in [1.82, 2.24) is 5.43 Å². The zero-order valence-corrected chi connectivity index (χ0v) is 9.51. The van der Waals surface area contributed by atoms with E-state index in [0.717, 1.165) is 5.71 Å². The molecule has 1 aliphatic carbocycles. The molecule has 0 saturated heterocycles. The van der Waals surface area contributed by atoms with Gasteiger partial charge in [-0.3, -0.25) is 0 Å². The van der Waals surface area contributed by atoms with E-state index in [1.54, 1.807) is 0 Å². The Kier molecular flexibility index (Phi) is 2.34. The average molecular weight is 197 g/mol. The molecular formula is C10H19N3O. The van der Waals surface area contributed by atoms with Crippen molar-refractivity contribution in [3.8, 4) is 0 Å². The SMILES string of the molecule is CC1C(=NNC(N)=O)C(C)(C)C1(C)C. The van der Waals surface area contributed by atoms with Crippen molar-refractivity contribution in [3.63, 3.8) is 0 Å². The highest BCUT2D eigenvalue weighted by Crippen LogP contribution is 2.57. The number of primary amides is 1. The molecule has 2 amide bonds. The Hall–Kier alpha value is -1.06. The first kappa shape index (κ1) is 11.0. The van der Waals surface area contributed by atoms with Gasteiger partial charge in [-0.05, 0) is 5.41 Å². The van der Waals surface area contributed by atoms with Crippen LogP contribution in [0.3, 0.4) is 0 Å². The largest absolute Gasteiger partial charge is 0.350 e. The highest BCUT2D eigenvalue weighted by atomic mass is 16.2. The summed E-state index contributed by atoms with van der Waals surface area (Å²) in [5.74, 6) is 0.379. The van der Waals surface area contributed by atoms with Gasteiger partial charge in [0.05, 0.1) is 0 Å². The summed E-state index contributed by atoms with van der Waals surface area (Å²) in [6.07, 6.45) is 0. The monoisotopic (exact) mass is 197 g/mol. The second kappa shape index (κ2) is 2.97. The van der Waals surface area contributed by atoms with Crippen molar-refractivity contribution in [2.45, 2.75) is 34.6 Å². The van der Waals surface area contributed by atoms with Crippen LogP contribution in [0.15, 0.2) is 5.10 Å². The Morgan fingerprint density at radius 2 is 1.93 bits per heavy atom. The number of nitrogens with two attached hydrogens (primary N) is 1. The topological polar surface area (TPSA) is 67.5 Å². The standard InChI is InChI=1S/C10H19N3O/c1-6-7(12-13-8(11)14)10(4,5)9(6,2)3/h6H,1-5H3,(H3,11,13,14). The van der Waals surface area contributed by atoms with Gasteiger partial charge in [-0.1, -0.05) is 34.6 Å². The molecule has 0 spiro atoms. The van der Waals surface area contributed by atoms with E-state index in [9.17, 15) is 4.79 Å². The lowest BCUT2D eigenvalue weighted by atomic mass is 9.46. The van der Waals surface area contributed by atoms with Gasteiger partial charge in [0, 0.05) is 17.0 Å². The second-order valence-electron chi connectivity index (χ2n) is 5.04. The van der Waals surface area contributed by atoms with Gasteiger partial charge in [0.2, 0.25) is 0 Å². The number of hydrazone groups is 1. The van der Waals surface area contributed by atoms with Gasteiger partial charge < -0.3 is 5.73 Å². The number of carbonyl (C=O) groups excluding carboxylic acids is 1. The first-order chi connectivity index (χ1) is 6.21. The molecule has 1 rings (SSSR count). The fourth-order valence-electron chi connectivity index (χ4n) is 2.03. The summed E-state index contributed by atoms with van der Waals surface area (Å²) in [4.78, 5) is 10.5. The lowest BCUT2D eigenvalue weighted by Crippen LogP contribution is -2.60. The molecule has 1 atom stereocenters. The Bertz CT molecular complexity index is 292. The van der Waals surface area contributed by atoms with Gasteiger partial charge in [0.25, 0.3) is 0 Å². The third-order valence-corrected chi connectivity index (χ3v) is 4.03. The number of hydrogen-bond acceptors (Lipinski definition) is 2. The number of nitrogens with zero attached hydrogens (tertiary/aromatic N) is 1. The maximum Gasteiger partial charge on any atom is 0.332 e. The van der Waals surface area contributed by atoms with Crippen molar-refractivity contribution in [2.24, 2.45) is 27.6 Å². The normalized spacial score (nSPS) is 30.9. The Labute approximate surface area is 84.9 Å². The maximum absolute atomic E-state index is 10.5. The molecule has 0 aromatic heterocycles. The molecular weight excluding hydrogens is 178 g/mol. The van der Waals surface area contributed by atoms with Crippen LogP contribution < -0.4 is 11.2 Å². The van der Waals surface area contributed by atoms with E-state index in [1.165, 1.54) is 0 Å². The van der Waals surface area contributed by atoms with Crippen LogP contribution in [0.5, 0.6) is 0 Å². The number of nitrogens with one attached hydrogen (secondary N) is 1. The first-order valence-corrected chi connectivity index (χ1v) is 4.84. The van der Waals surface area contributed by atoms with E-state index in [0.29, 0.717) is 5.92 Å². The lowest BCUT2D eigenvalue weighted by Gasteiger charge is -2.58. The summed E-state index contributed by atoms with van der Waals surface area (Å²) in [5.41, 5.74) is 8.51. The van der Waals surface area contributed by atoms with Gasteiger partial charge in [-0.25, -0.2) is 10.2 Å². The zero-order chi connectivity index (χ0) is 11.1. The fourth-order valence-corrected chi connectivity index (χ4v) is 2.03. The van der Waals surface area contributed by atoms with E-state index in [2.05, 4.69) is 45.1 Å². The fraction of sp³-hybridized carbons (Fsp3) is 0.800. The molecule has 4 heteroatoms. The Morgan fingerprint density at radius 1 is 1.43 bits per heavy atom. The van der Waals surface area contributed by atoms with E-state index < -0.39 is 6.03 Å². The summed E-state index contributed by atoms with van der Waals surface area (Å²) in [6, 6.07) is -0.606. The third-order valence-electron chi connectivity index (χ3n) is 4.03. The zero-order valence-electron chi connectivity index (χ0n) is 9.51. The predicted octanol–water partition coefficient (Wildman–Crippen LogP) is 1.71. The summed E-state index contributed by atoms with van der Waals surface area (Å²) in [7, 11) is 0. The van der Waals surface area contributed by atoms with E-state index in [-0.39, 0.29) is 10.8 Å². The first-order valence-electron chi connectivity index (χ1n) is 4.84. The second-order valence-corrected chi connectivity index (χ2v) is 5.04. The van der Waals surface area contributed by atoms with Crippen molar-refractivity contribution >= 4 is 11.7 Å². The van der Waals surface area contributed by atoms with Crippen molar-refractivity contribution < 1.29 is 4.79 Å². The van der Waals surface area contributed by atoms with E-state index >= 15 is 0 Å². The lowest BCUT2D eigenvalue weighted by molar-refractivity contribution is 0.0695. The molecule has 4 nitrogen and oxygen atoms in total. The van der Waals surface area contributed by atoms with Gasteiger partial charge in [-0.15, -0.1) is 0 Å². The third kappa shape index (κ3) is 1.29. The molecule has 0 bridgehead atoms. The van der Waals surface area contributed by atoms with Crippen LogP contribution >= 0.6 is 0 Å². The highest BCUT2D eigenvalue weighted by Gasteiger charge is 2.57. The minimum Gasteiger partial charge on any atom is -0.350 e. The molecule has 1 fully saturated rings. The van der Waals surface area contributed by atoms with Gasteiger partial charge >= 0.3 is 6.03 Å². The van der Waals surface area contributed by atoms with Crippen LogP contribution in [-0.2, 0) is 0 Å². The maximum atomic E-state index is 10.5. The van der Waals surface area contributed by atoms with E-state index in [1.807, 2.05) is 0 Å². The summed E-state index contributed by atoms with van der Waals surface area (Å²) < 4.78 is 0. The Balaban J connectivity index is 2.85. The average Bonchev–Trinajstić information content (AvgIpc) is 2.02. The van der Waals surface area contributed by atoms with Gasteiger partial charge in [-0.2, -0.15) is 5.10 Å².